The Morgan fingerprint density at radius 1 is 1.33 bits per heavy atom. The lowest BCUT2D eigenvalue weighted by atomic mass is 10.2. The average molecular weight is 267 g/mol. The average Bonchev–Trinajstić information content (AvgIpc) is 2.78. The predicted molar refractivity (Wildman–Crippen MR) is 70.1 cm³/mol. The van der Waals surface area contributed by atoms with Gasteiger partial charge in [-0.2, -0.15) is 4.98 Å². The normalized spacial score (nSPS) is 11.1. The van der Waals surface area contributed by atoms with Crippen LogP contribution in [0.25, 0.3) is 11.5 Å². The van der Waals surface area contributed by atoms with Crippen molar-refractivity contribution in [2.24, 2.45) is 5.73 Å². The molecule has 0 aliphatic heterocycles. The van der Waals surface area contributed by atoms with E-state index in [1.807, 2.05) is 24.1 Å². The van der Waals surface area contributed by atoms with Crippen molar-refractivity contribution >= 4 is 11.6 Å². The SMILES string of the molecule is CN(CCN)Cc1noc(-c2ccc(Cl)cc2)n1. The summed E-state index contributed by atoms with van der Waals surface area (Å²) < 4.78 is 5.21. The van der Waals surface area contributed by atoms with Gasteiger partial charge in [0.05, 0.1) is 6.54 Å². The molecular weight excluding hydrogens is 252 g/mol. The second-order valence-electron chi connectivity index (χ2n) is 4.05. The molecule has 96 valence electrons. The zero-order chi connectivity index (χ0) is 13.0. The fourth-order valence-corrected chi connectivity index (χ4v) is 1.69. The molecule has 2 N–H and O–H groups in total. The van der Waals surface area contributed by atoms with E-state index in [1.165, 1.54) is 0 Å². The molecule has 0 fully saturated rings. The van der Waals surface area contributed by atoms with Crippen molar-refractivity contribution in [3.63, 3.8) is 0 Å². The molecule has 1 heterocycles. The number of hydrogen-bond acceptors (Lipinski definition) is 5. The Bertz CT molecular complexity index is 497. The number of hydrogen-bond donors (Lipinski definition) is 1. The van der Waals surface area contributed by atoms with E-state index >= 15 is 0 Å². The Morgan fingerprint density at radius 3 is 2.72 bits per heavy atom. The van der Waals surface area contributed by atoms with Crippen LogP contribution in [0.4, 0.5) is 0 Å². The van der Waals surface area contributed by atoms with Gasteiger partial charge >= 0.3 is 0 Å². The molecule has 0 spiro atoms. The monoisotopic (exact) mass is 266 g/mol. The fourth-order valence-electron chi connectivity index (χ4n) is 1.57. The molecule has 0 aliphatic rings. The van der Waals surface area contributed by atoms with Crippen LogP contribution in [0.2, 0.25) is 5.02 Å². The van der Waals surface area contributed by atoms with Gasteiger partial charge in [-0.25, -0.2) is 0 Å². The Hall–Kier alpha value is -1.43. The third-order valence-electron chi connectivity index (χ3n) is 2.48. The Balaban J connectivity index is 2.08. The third-order valence-corrected chi connectivity index (χ3v) is 2.73. The van der Waals surface area contributed by atoms with Crippen LogP contribution < -0.4 is 5.73 Å². The lowest BCUT2D eigenvalue weighted by Gasteiger charge is -2.11. The summed E-state index contributed by atoms with van der Waals surface area (Å²) in [6.45, 7) is 2.03. The van der Waals surface area contributed by atoms with Gasteiger partial charge in [0.2, 0.25) is 0 Å². The maximum Gasteiger partial charge on any atom is 0.257 e. The van der Waals surface area contributed by atoms with Gasteiger partial charge in [-0.05, 0) is 31.3 Å². The highest BCUT2D eigenvalue weighted by molar-refractivity contribution is 6.30. The van der Waals surface area contributed by atoms with Gasteiger partial charge in [0.1, 0.15) is 0 Å². The highest BCUT2D eigenvalue weighted by Crippen LogP contribution is 2.19. The van der Waals surface area contributed by atoms with Gasteiger partial charge in [-0.15, -0.1) is 0 Å². The van der Waals surface area contributed by atoms with E-state index in [-0.39, 0.29) is 0 Å². The topological polar surface area (TPSA) is 68.2 Å². The van der Waals surface area contributed by atoms with Crippen molar-refractivity contribution in [1.82, 2.24) is 15.0 Å². The van der Waals surface area contributed by atoms with Gasteiger partial charge in [0.25, 0.3) is 5.89 Å². The lowest BCUT2D eigenvalue weighted by Crippen LogP contribution is -2.25. The minimum Gasteiger partial charge on any atom is -0.334 e. The Labute approximate surface area is 111 Å². The second kappa shape index (κ2) is 5.95. The molecule has 0 saturated heterocycles. The van der Waals surface area contributed by atoms with Gasteiger partial charge in [0.15, 0.2) is 5.82 Å². The summed E-state index contributed by atoms with van der Waals surface area (Å²) >= 11 is 5.82. The van der Waals surface area contributed by atoms with Gasteiger partial charge in [0, 0.05) is 23.7 Å². The summed E-state index contributed by atoms with van der Waals surface area (Å²) in [6.07, 6.45) is 0. The highest BCUT2D eigenvalue weighted by atomic mass is 35.5. The summed E-state index contributed by atoms with van der Waals surface area (Å²) in [6, 6.07) is 7.29. The minimum absolute atomic E-state index is 0.503. The molecule has 0 bridgehead atoms. The Morgan fingerprint density at radius 2 is 2.06 bits per heavy atom. The van der Waals surface area contributed by atoms with Crippen LogP contribution in [0.5, 0.6) is 0 Å². The predicted octanol–water partition coefficient (Wildman–Crippen LogP) is 1.78. The van der Waals surface area contributed by atoms with Gasteiger partial charge < -0.3 is 10.3 Å². The van der Waals surface area contributed by atoms with E-state index in [9.17, 15) is 0 Å². The first kappa shape index (κ1) is 13.0. The molecule has 1 aromatic heterocycles. The number of nitrogens with two attached hydrogens (primary N) is 1. The molecule has 0 unspecified atom stereocenters. The smallest absolute Gasteiger partial charge is 0.257 e. The van der Waals surface area contributed by atoms with Gasteiger partial charge in [-0.1, -0.05) is 16.8 Å². The van der Waals surface area contributed by atoms with Crippen LogP contribution in [0.1, 0.15) is 5.82 Å². The van der Waals surface area contributed by atoms with Crippen LogP contribution in [0.15, 0.2) is 28.8 Å². The molecule has 5 nitrogen and oxygen atoms in total. The van der Waals surface area contributed by atoms with E-state index in [4.69, 9.17) is 21.9 Å². The zero-order valence-electron chi connectivity index (χ0n) is 10.1. The maximum atomic E-state index is 5.82. The quantitative estimate of drug-likeness (QED) is 0.893. The number of aromatic nitrogens is 2. The fraction of sp³-hybridized carbons (Fsp3) is 0.333. The first-order valence-electron chi connectivity index (χ1n) is 5.66. The van der Waals surface area contributed by atoms with E-state index in [0.717, 1.165) is 12.1 Å². The van der Waals surface area contributed by atoms with Crippen molar-refractivity contribution in [1.29, 1.82) is 0 Å². The first-order chi connectivity index (χ1) is 8.69. The molecule has 2 rings (SSSR count). The first-order valence-corrected chi connectivity index (χ1v) is 6.04. The van der Waals surface area contributed by atoms with Crippen molar-refractivity contribution in [3.05, 3.63) is 35.1 Å². The number of rotatable bonds is 5. The standard InChI is InChI=1S/C12H15ClN4O/c1-17(7-6-14)8-11-15-12(18-16-11)9-2-4-10(13)5-3-9/h2-5H,6-8,14H2,1H3. The molecule has 0 atom stereocenters. The van der Waals surface area contributed by atoms with E-state index < -0.39 is 0 Å². The molecule has 1 aromatic carbocycles. The summed E-state index contributed by atoms with van der Waals surface area (Å²) in [5, 5.41) is 4.62. The number of halogens is 1. The van der Waals surface area contributed by atoms with E-state index in [1.54, 1.807) is 12.1 Å². The number of nitrogens with zero attached hydrogens (tertiary/aromatic N) is 3. The van der Waals surface area contributed by atoms with Crippen molar-refractivity contribution in [2.45, 2.75) is 6.54 Å². The largest absolute Gasteiger partial charge is 0.334 e. The summed E-state index contributed by atoms with van der Waals surface area (Å²) in [4.78, 5) is 6.37. The summed E-state index contributed by atoms with van der Waals surface area (Å²) in [7, 11) is 1.96. The molecule has 0 saturated carbocycles. The summed E-state index contributed by atoms with van der Waals surface area (Å²) in [5.41, 5.74) is 6.34. The van der Waals surface area contributed by atoms with E-state index in [0.29, 0.717) is 29.8 Å². The highest BCUT2D eigenvalue weighted by Gasteiger charge is 2.10. The van der Waals surface area contributed by atoms with Crippen molar-refractivity contribution in [3.8, 4) is 11.5 Å². The molecule has 0 aliphatic carbocycles. The van der Waals surface area contributed by atoms with Crippen LogP contribution >= 0.6 is 11.6 Å². The zero-order valence-corrected chi connectivity index (χ0v) is 10.9. The van der Waals surface area contributed by atoms with Crippen LogP contribution in [-0.4, -0.2) is 35.2 Å². The minimum atomic E-state index is 0.503. The number of likely N-dealkylation sites (N-methyl/N-ethyl adjacent to an activating group) is 1. The third kappa shape index (κ3) is 3.29. The summed E-state index contributed by atoms with van der Waals surface area (Å²) in [5.74, 6) is 1.15. The molecule has 0 radical (unpaired) electrons. The van der Waals surface area contributed by atoms with Gasteiger partial charge in [-0.3, -0.25) is 4.90 Å². The van der Waals surface area contributed by atoms with Crippen molar-refractivity contribution < 1.29 is 4.52 Å². The van der Waals surface area contributed by atoms with Crippen molar-refractivity contribution in [2.75, 3.05) is 20.1 Å². The molecule has 0 amide bonds. The molecule has 6 heteroatoms. The number of benzene rings is 1. The maximum absolute atomic E-state index is 5.82. The molecular formula is C12H15ClN4O. The van der Waals surface area contributed by atoms with E-state index in [2.05, 4.69) is 10.1 Å². The molecule has 18 heavy (non-hydrogen) atoms. The van der Waals surface area contributed by atoms with Crippen LogP contribution in [0, 0.1) is 0 Å². The van der Waals surface area contributed by atoms with Crippen LogP contribution in [0.3, 0.4) is 0 Å². The van der Waals surface area contributed by atoms with Crippen LogP contribution in [-0.2, 0) is 6.54 Å². The second-order valence-corrected chi connectivity index (χ2v) is 4.49. The lowest BCUT2D eigenvalue weighted by molar-refractivity contribution is 0.317. The Kier molecular flexibility index (Phi) is 4.30. The molecule has 2 aromatic rings.